The van der Waals surface area contributed by atoms with E-state index in [4.69, 9.17) is 10.5 Å². The van der Waals surface area contributed by atoms with Crippen molar-refractivity contribution in [2.45, 2.75) is 46.1 Å². The maximum Gasteiger partial charge on any atom is 0.239 e. The van der Waals surface area contributed by atoms with Crippen LogP contribution in [0, 0.1) is 0 Å². The number of nitrogens with zero attached hydrogens (tertiary/aromatic N) is 2. The normalized spacial score (nSPS) is 10.8. The van der Waals surface area contributed by atoms with Crippen molar-refractivity contribution in [1.82, 2.24) is 4.98 Å². The summed E-state index contributed by atoms with van der Waals surface area (Å²) in [7, 11) is 0. The first kappa shape index (κ1) is 16.6. The molecule has 0 saturated heterocycles. The second kappa shape index (κ2) is 8.64. The largest absolute Gasteiger partial charge is 0.476 e. The molecule has 0 fully saturated rings. The number of aliphatic hydroxyl groups excluding tert-OH is 1. The smallest absolute Gasteiger partial charge is 0.239 e. The van der Waals surface area contributed by atoms with Crippen LogP contribution in [0.25, 0.3) is 0 Å². The molecule has 0 amide bonds. The Labute approximate surface area is 121 Å². The Hall–Kier alpha value is -1.49. The third kappa shape index (κ3) is 4.27. The minimum Gasteiger partial charge on any atom is -0.476 e. The molecular formula is C15H27N3O2. The molecule has 0 spiro atoms. The molecule has 0 aliphatic rings. The lowest BCUT2D eigenvalue weighted by atomic mass is 10.1. The Morgan fingerprint density at radius 2 is 2.00 bits per heavy atom. The Balaban J connectivity index is 3.00. The lowest BCUT2D eigenvalue weighted by Crippen LogP contribution is -2.37. The minimum absolute atomic E-state index is 0.105. The van der Waals surface area contributed by atoms with Gasteiger partial charge in [0, 0.05) is 12.6 Å². The number of anilines is 2. The van der Waals surface area contributed by atoms with E-state index in [1.165, 1.54) is 0 Å². The number of nitrogens with two attached hydrogens (primary N) is 1. The summed E-state index contributed by atoms with van der Waals surface area (Å²) in [5.41, 5.74) is 6.44. The molecule has 5 nitrogen and oxygen atoms in total. The van der Waals surface area contributed by atoms with Crippen LogP contribution in [0.4, 0.5) is 11.5 Å². The van der Waals surface area contributed by atoms with Crippen LogP contribution in [0.3, 0.4) is 0 Å². The van der Waals surface area contributed by atoms with Crippen LogP contribution in [0.5, 0.6) is 5.88 Å². The van der Waals surface area contributed by atoms with E-state index in [0.717, 1.165) is 25.1 Å². The molecule has 0 bridgehead atoms. The monoisotopic (exact) mass is 281 g/mol. The van der Waals surface area contributed by atoms with Crippen molar-refractivity contribution in [1.29, 1.82) is 0 Å². The Morgan fingerprint density at radius 3 is 2.55 bits per heavy atom. The fraction of sp³-hybridized carbons (Fsp3) is 0.667. The van der Waals surface area contributed by atoms with Gasteiger partial charge < -0.3 is 20.5 Å². The standard InChI is InChI=1S/C15H27N3O2/c1-4-11-20-15-13(16)7-8-14(17-15)18(9-10-19)12(5-2)6-3/h7-8,12,19H,4-6,9-11,16H2,1-3H3. The third-order valence-electron chi connectivity index (χ3n) is 3.34. The first-order valence-electron chi connectivity index (χ1n) is 7.44. The molecule has 1 rings (SSSR count). The van der Waals surface area contributed by atoms with Gasteiger partial charge in [0.15, 0.2) is 0 Å². The molecule has 1 aromatic heterocycles. The first-order chi connectivity index (χ1) is 9.67. The highest BCUT2D eigenvalue weighted by molar-refractivity contribution is 5.55. The summed E-state index contributed by atoms with van der Waals surface area (Å²) in [5.74, 6) is 1.30. The van der Waals surface area contributed by atoms with Crippen LogP contribution >= 0.6 is 0 Å². The number of hydrogen-bond acceptors (Lipinski definition) is 5. The van der Waals surface area contributed by atoms with Gasteiger partial charge in [-0.05, 0) is 31.4 Å². The van der Waals surface area contributed by atoms with Gasteiger partial charge in [-0.1, -0.05) is 20.8 Å². The highest BCUT2D eigenvalue weighted by atomic mass is 16.5. The van der Waals surface area contributed by atoms with Crippen LogP contribution < -0.4 is 15.4 Å². The van der Waals surface area contributed by atoms with E-state index < -0.39 is 0 Å². The van der Waals surface area contributed by atoms with Gasteiger partial charge in [0.1, 0.15) is 5.82 Å². The number of ether oxygens (including phenoxy) is 1. The third-order valence-corrected chi connectivity index (χ3v) is 3.34. The zero-order valence-corrected chi connectivity index (χ0v) is 12.8. The number of pyridine rings is 1. The Bertz CT molecular complexity index is 395. The van der Waals surface area contributed by atoms with Crippen molar-refractivity contribution in [3.05, 3.63) is 12.1 Å². The second-order valence-corrected chi connectivity index (χ2v) is 4.80. The van der Waals surface area contributed by atoms with E-state index >= 15 is 0 Å². The second-order valence-electron chi connectivity index (χ2n) is 4.80. The summed E-state index contributed by atoms with van der Waals surface area (Å²) in [6.07, 6.45) is 2.93. The summed E-state index contributed by atoms with van der Waals surface area (Å²) >= 11 is 0. The maximum absolute atomic E-state index is 9.28. The van der Waals surface area contributed by atoms with Crippen molar-refractivity contribution < 1.29 is 9.84 Å². The molecule has 0 aliphatic carbocycles. The maximum atomic E-state index is 9.28. The number of aromatic nitrogens is 1. The van der Waals surface area contributed by atoms with Crippen LogP contribution in [0.2, 0.25) is 0 Å². The van der Waals surface area contributed by atoms with E-state index in [1.807, 2.05) is 19.1 Å². The van der Waals surface area contributed by atoms with Gasteiger partial charge >= 0.3 is 0 Å². The molecule has 5 heteroatoms. The van der Waals surface area contributed by atoms with Crippen molar-refractivity contribution in [2.75, 3.05) is 30.4 Å². The van der Waals surface area contributed by atoms with Crippen LogP contribution in [0.15, 0.2) is 12.1 Å². The fourth-order valence-electron chi connectivity index (χ4n) is 2.24. The van der Waals surface area contributed by atoms with Crippen molar-refractivity contribution >= 4 is 11.5 Å². The lowest BCUT2D eigenvalue weighted by molar-refractivity contribution is 0.293. The van der Waals surface area contributed by atoms with Gasteiger partial charge in [-0.2, -0.15) is 4.98 Å². The first-order valence-corrected chi connectivity index (χ1v) is 7.44. The molecule has 114 valence electrons. The summed E-state index contributed by atoms with van der Waals surface area (Å²) < 4.78 is 5.58. The molecule has 0 aromatic carbocycles. The lowest BCUT2D eigenvalue weighted by Gasteiger charge is -2.31. The fourth-order valence-corrected chi connectivity index (χ4v) is 2.24. The van der Waals surface area contributed by atoms with Gasteiger partial charge in [0.25, 0.3) is 0 Å². The van der Waals surface area contributed by atoms with Crippen LogP contribution in [-0.2, 0) is 0 Å². The highest BCUT2D eigenvalue weighted by Crippen LogP contribution is 2.25. The van der Waals surface area contributed by atoms with Gasteiger partial charge in [-0.25, -0.2) is 0 Å². The molecule has 1 heterocycles. The molecule has 1 aromatic rings. The van der Waals surface area contributed by atoms with Crippen molar-refractivity contribution in [2.24, 2.45) is 0 Å². The molecule has 0 radical (unpaired) electrons. The number of hydrogen-bond donors (Lipinski definition) is 2. The Morgan fingerprint density at radius 1 is 1.30 bits per heavy atom. The summed E-state index contributed by atoms with van der Waals surface area (Å²) in [4.78, 5) is 6.64. The molecule has 20 heavy (non-hydrogen) atoms. The summed E-state index contributed by atoms with van der Waals surface area (Å²) in [6, 6.07) is 4.07. The molecule has 0 unspecified atom stereocenters. The SMILES string of the molecule is CCCOc1nc(N(CCO)C(CC)CC)ccc1N. The van der Waals surface area contributed by atoms with E-state index in [9.17, 15) is 5.11 Å². The van der Waals surface area contributed by atoms with Crippen molar-refractivity contribution in [3.63, 3.8) is 0 Å². The molecule has 0 aliphatic heterocycles. The predicted octanol–water partition coefficient (Wildman–Crippen LogP) is 2.44. The number of nitrogen functional groups attached to an aromatic ring is 1. The zero-order valence-electron chi connectivity index (χ0n) is 12.8. The topological polar surface area (TPSA) is 71.6 Å². The molecule has 0 atom stereocenters. The average Bonchev–Trinajstić information content (AvgIpc) is 2.47. The molecule has 3 N–H and O–H groups in total. The van der Waals surface area contributed by atoms with E-state index in [1.54, 1.807) is 0 Å². The minimum atomic E-state index is 0.105. The van der Waals surface area contributed by atoms with Gasteiger partial charge in [-0.3, -0.25) is 0 Å². The average molecular weight is 281 g/mol. The highest BCUT2D eigenvalue weighted by Gasteiger charge is 2.17. The van der Waals surface area contributed by atoms with Crippen LogP contribution in [-0.4, -0.2) is 35.9 Å². The molecule has 0 saturated carbocycles. The summed E-state index contributed by atoms with van der Waals surface area (Å²) in [6.45, 7) is 7.60. The van der Waals surface area contributed by atoms with E-state index in [0.29, 0.717) is 30.8 Å². The predicted molar refractivity (Wildman–Crippen MR) is 83.2 cm³/mol. The number of rotatable bonds is 9. The van der Waals surface area contributed by atoms with Gasteiger partial charge in [-0.15, -0.1) is 0 Å². The van der Waals surface area contributed by atoms with Crippen LogP contribution in [0.1, 0.15) is 40.0 Å². The quantitative estimate of drug-likeness (QED) is 0.727. The van der Waals surface area contributed by atoms with E-state index in [2.05, 4.69) is 23.7 Å². The molecular weight excluding hydrogens is 254 g/mol. The zero-order chi connectivity index (χ0) is 15.0. The van der Waals surface area contributed by atoms with Gasteiger partial charge in [0.2, 0.25) is 5.88 Å². The Kier molecular flexibility index (Phi) is 7.15. The van der Waals surface area contributed by atoms with Crippen molar-refractivity contribution in [3.8, 4) is 5.88 Å². The van der Waals surface area contributed by atoms with E-state index in [-0.39, 0.29) is 6.61 Å². The summed E-state index contributed by atoms with van der Waals surface area (Å²) in [5, 5.41) is 9.28. The van der Waals surface area contributed by atoms with Gasteiger partial charge in [0.05, 0.1) is 18.9 Å². The number of aliphatic hydroxyl groups is 1.